The number of rotatable bonds is 3. The van der Waals surface area contributed by atoms with Gasteiger partial charge in [0.25, 0.3) is 0 Å². The summed E-state index contributed by atoms with van der Waals surface area (Å²) in [6.07, 6.45) is 3.45. The van der Waals surface area contributed by atoms with Crippen LogP contribution >= 0.6 is 12.4 Å². The Hall–Kier alpha value is -1.20. The predicted octanol–water partition coefficient (Wildman–Crippen LogP) is 3.08. The number of carbonyl (C=O) groups excluding carboxylic acids is 1. The van der Waals surface area contributed by atoms with Crippen molar-refractivity contribution in [3.05, 3.63) is 35.4 Å². The van der Waals surface area contributed by atoms with Gasteiger partial charge in [0, 0.05) is 12.0 Å². The van der Waals surface area contributed by atoms with Gasteiger partial charge < -0.3 is 11.1 Å². The van der Waals surface area contributed by atoms with Gasteiger partial charge in [-0.05, 0) is 43.9 Å². The first-order valence-corrected chi connectivity index (χ1v) is 6.98. The Kier molecular flexibility index (Phi) is 6.55. The Balaban J connectivity index is 0.00000220. The number of amides is 1. The maximum Gasteiger partial charge on any atom is 0.223 e. The lowest BCUT2D eigenvalue weighted by Crippen LogP contribution is -2.38. The van der Waals surface area contributed by atoms with Gasteiger partial charge in [0.1, 0.15) is 0 Å². The lowest BCUT2D eigenvalue weighted by molar-refractivity contribution is -0.126. The van der Waals surface area contributed by atoms with Crippen molar-refractivity contribution in [2.45, 2.75) is 44.7 Å². The van der Waals surface area contributed by atoms with Crippen molar-refractivity contribution in [1.29, 1.82) is 0 Å². The van der Waals surface area contributed by atoms with E-state index >= 15 is 0 Å². The van der Waals surface area contributed by atoms with Crippen molar-refractivity contribution in [2.75, 3.05) is 0 Å². The highest BCUT2D eigenvalue weighted by molar-refractivity contribution is 5.85. The Morgan fingerprint density at radius 3 is 2.67 bits per heavy atom. The van der Waals surface area contributed by atoms with Crippen molar-refractivity contribution in [3.63, 3.8) is 0 Å². The summed E-state index contributed by atoms with van der Waals surface area (Å²) in [5.74, 6) is -1.92. The van der Waals surface area contributed by atoms with Gasteiger partial charge >= 0.3 is 0 Å². The molecule has 0 bridgehead atoms. The Morgan fingerprint density at radius 1 is 1.33 bits per heavy atom. The zero-order valence-corrected chi connectivity index (χ0v) is 12.8. The van der Waals surface area contributed by atoms with E-state index in [-0.39, 0.29) is 36.3 Å². The molecule has 3 nitrogen and oxygen atoms in total. The van der Waals surface area contributed by atoms with Gasteiger partial charge in [0.2, 0.25) is 5.91 Å². The molecular weight excluding hydrogens is 298 g/mol. The fourth-order valence-electron chi connectivity index (χ4n) is 2.66. The third kappa shape index (κ3) is 4.64. The largest absolute Gasteiger partial charge is 0.349 e. The summed E-state index contributed by atoms with van der Waals surface area (Å²) in [5.41, 5.74) is 6.42. The Morgan fingerprint density at radius 2 is 2.05 bits per heavy atom. The van der Waals surface area contributed by atoms with E-state index < -0.39 is 11.6 Å². The highest BCUT2D eigenvalue weighted by Gasteiger charge is 2.26. The molecule has 1 aromatic carbocycles. The molecule has 0 spiro atoms. The molecule has 118 valence electrons. The van der Waals surface area contributed by atoms with Gasteiger partial charge in [-0.1, -0.05) is 12.5 Å². The van der Waals surface area contributed by atoms with Crippen LogP contribution < -0.4 is 11.1 Å². The number of hydrogen-bond donors (Lipinski definition) is 2. The van der Waals surface area contributed by atoms with Gasteiger partial charge in [0.05, 0.1) is 6.04 Å². The number of nitrogens with two attached hydrogens (primary N) is 1. The molecule has 6 heteroatoms. The van der Waals surface area contributed by atoms with Gasteiger partial charge in [-0.2, -0.15) is 0 Å². The van der Waals surface area contributed by atoms with Crippen LogP contribution in [0.4, 0.5) is 8.78 Å². The minimum absolute atomic E-state index is 0. The average molecular weight is 319 g/mol. The van der Waals surface area contributed by atoms with E-state index in [1.54, 1.807) is 6.92 Å². The number of carbonyl (C=O) groups is 1. The third-order valence-electron chi connectivity index (χ3n) is 3.89. The highest BCUT2D eigenvalue weighted by Crippen LogP contribution is 2.24. The molecule has 2 rings (SSSR count). The molecule has 1 aliphatic carbocycles. The maximum atomic E-state index is 13.2. The van der Waals surface area contributed by atoms with Crippen molar-refractivity contribution in [1.82, 2.24) is 5.32 Å². The zero-order valence-electron chi connectivity index (χ0n) is 11.9. The van der Waals surface area contributed by atoms with E-state index in [2.05, 4.69) is 5.32 Å². The fraction of sp³-hybridized carbons (Fsp3) is 0.533. The van der Waals surface area contributed by atoms with E-state index in [0.717, 1.165) is 31.4 Å². The predicted molar refractivity (Wildman–Crippen MR) is 80.1 cm³/mol. The molecule has 1 amide bonds. The van der Waals surface area contributed by atoms with E-state index in [1.807, 2.05) is 0 Å². The van der Waals surface area contributed by atoms with Crippen molar-refractivity contribution < 1.29 is 13.6 Å². The standard InChI is InChI=1S/C15H20F2N2O.ClH/c1-9(10-5-6-13(16)14(17)8-10)19-15(20)11-3-2-4-12(18)7-11;/h5-6,8-9,11-12H,2-4,7,18H2,1H3,(H,19,20);1H. The summed E-state index contributed by atoms with van der Waals surface area (Å²) < 4.78 is 26.1. The monoisotopic (exact) mass is 318 g/mol. The second-order valence-electron chi connectivity index (χ2n) is 5.53. The first-order valence-electron chi connectivity index (χ1n) is 6.98. The van der Waals surface area contributed by atoms with Crippen LogP contribution in [-0.4, -0.2) is 11.9 Å². The first kappa shape index (κ1) is 17.9. The number of hydrogen-bond acceptors (Lipinski definition) is 2. The molecular formula is C15H21ClF2N2O. The smallest absolute Gasteiger partial charge is 0.223 e. The number of benzene rings is 1. The first-order chi connectivity index (χ1) is 9.47. The van der Waals surface area contributed by atoms with E-state index in [4.69, 9.17) is 5.73 Å². The van der Waals surface area contributed by atoms with Crippen molar-refractivity contribution >= 4 is 18.3 Å². The van der Waals surface area contributed by atoms with E-state index in [0.29, 0.717) is 12.0 Å². The molecule has 3 N–H and O–H groups in total. The molecule has 3 unspecified atom stereocenters. The molecule has 0 saturated heterocycles. The molecule has 1 aliphatic rings. The normalized spacial score (nSPS) is 23.0. The molecule has 0 aromatic heterocycles. The van der Waals surface area contributed by atoms with E-state index in [9.17, 15) is 13.6 Å². The number of halogens is 3. The summed E-state index contributed by atoms with van der Waals surface area (Å²) in [6, 6.07) is 3.40. The third-order valence-corrected chi connectivity index (χ3v) is 3.89. The van der Waals surface area contributed by atoms with Crippen molar-refractivity contribution in [3.8, 4) is 0 Å². The molecule has 0 aliphatic heterocycles. The summed E-state index contributed by atoms with van der Waals surface area (Å²) >= 11 is 0. The summed E-state index contributed by atoms with van der Waals surface area (Å²) in [4.78, 5) is 12.1. The quantitative estimate of drug-likeness (QED) is 0.900. The van der Waals surface area contributed by atoms with Crippen LogP contribution in [0, 0.1) is 17.6 Å². The van der Waals surface area contributed by atoms with Crippen LogP contribution in [0.5, 0.6) is 0 Å². The van der Waals surface area contributed by atoms with Gasteiger partial charge in [-0.15, -0.1) is 12.4 Å². The van der Waals surface area contributed by atoms with Crippen LogP contribution in [0.3, 0.4) is 0 Å². The lowest BCUT2D eigenvalue weighted by atomic mass is 9.85. The van der Waals surface area contributed by atoms with Crippen molar-refractivity contribution in [2.24, 2.45) is 11.7 Å². The lowest BCUT2D eigenvalue weighted by Gasteiger charge is -2.27. The fourth-order valence-corrected chi connectivity index (χ4v) is 2.66. The molecule has 1 saturated carbocycles. The van der Waals surface area contributed by atoms with Gasteiger partial charge in [0.15, 0.2) is 11.6 Å². The zero-order chi connectivity index (χ0) is 14.7. The molecule has 3 atom stereocenters. The van der Waals surface area contributed by atoms with Crippen LogP contribution in [0.2, 0.25) is 0 Å². The topological polar surface area (TPSA) is 55.1 Å². The second kappa shape index (κ2) is 7.71. The van der Waals surface area contributed by atoms with E-state index in [1.165, 1.54) is 6.07 Å². The average Bonchev–Trinajstić information content (AvgIpc) is 2.41. The Labute approximate surface area is 129 Å². The van der Waals surface area contributed by atoms with Gasteiger partial charge in [-0.25, -0.2) is 8.78 Å². The van der Waals surface area contributed by atoms with Crippen LogP contribution in [0.1, 0.15) is 44.2 Å². The molecule has 21 heavy (non-hydrogen) atoms. The minimum Gasteiger partial charge on any atom is -0.349 e. The Bertz CT molecular complexity index is 499. The number of nitrogens with one attached hydrogen (secondary N) is 1. The summed E-state index contributed by atoms with van der Waals surface area (Å²) in [5, 5.41) is 2.85. The summed E-state index contributed by atoms with van der Waals surface area (Å²) in [6.45, 7) is 1.76. The SMILES string of the molecule is CC(NC(=O)C1CCCC(N)C1)c1ccc(F)c(F)c1.Cl. The molecule has 1 fully saturated rings. The second-order valence-corrected chi connectivity index (χ2v) is 5.53. The molecule has 0 radical (unpaired) electrons. The van der Waals surface area contributed by atoms with Crippen LogP contribution in [0.25, 0.3) is 0 Å². The molecule has 1 aromatic rings. The van der Waals surface area contributed by atoms with Crippen LogP contribution in [-0.2, 0) is 4.79 Å². The van der Waals surface area contributed by atoms with Crippen LogP contribution in [0.15, 0.2) is 18.2 Å². The minimum atomic E-state index is -0.900. The maximum absolute atomic E-state index is 13.2. The summed E-state index contributed by atoms with van der Waals surface area (Å²) in [7, 11) is 0. The molecule has 0 heterocycles. The highest BCUT2D eigenvalue weighted by atomic mass is 35.5. The van der Waals surface area contributed by atoms with Gasteiger partial charge in [-0.3, -0.25) is 4.79 Å².